The SMILES string of the molecule is Cc1cccc(CS(=O)C(C)C(=O)NCCC(C)C)c1. The van der Waals surface area contributed by atoms with Gasteiger partial charge in [0.25, 0.3) is 0 Å². The van der Waals surface area contributed by atoms with Crippen LogP contribution in [-0.2, 0) is 21.3 Å². The largest absolute Gasteiger partial charge is 0.355 e. The maximum absolute atomic E-state index is 12.2. The molecule has 0 spiro atoms. The molecule has 1 aromatic carbocycles. The molecule has 1 aromatic rings. The lowest BCUT2D eigenvalue weighted by molar-refractivity contribution is -0.120. The monoisotopic (exact) mass is 295 g/mol. The number of hydrogen-bond donors (Lipinski definition) is 1. The zero-order valence-corrected chi connectivity index (χ0v) is 13.6. The Balaban J connectivity index is 2.48. The van der Waals surface area contributed by atoms with Gasteiger partial charge in [-0.25, -0.2) is 0 Å². The molecule has 0 radical (unpaired) electrons. The van der Waals surface area contributed by atoms with Crippen molar-refractivity contribution in [3.8, 4) is 0 Å². The fourth-order valence-corrected chi connectivity index (χ4v) is 2.92. The molecule has 0 aliphatic carbocycles. The zero-order valence-electron chi connectivity index (χ0n) is 12.8. The van der Waals surface area contributed by atoms with Gasteiger partial charge in [0.2, 0.25) is 5.91 Å². The molecule has 4 heteroatoms. The molecule has 2 atom stereocenters. The average Bonchev–Trinajstić information content (AvgIpc) is 2.37. The Bertz CT molecular complexity index is 471. The van der Waals surface area contributed by atoms with Gasteiger partial charge in [-0.05, 0) is 31.7 Å². The van der Waals surface area contributed by atoms with E-state index in [1.54, 1.807) is 6.92 Å². The number of carbonyl (C=O) groups excluding carboxylic acids is 1. The van der Waals surface area contributed by atoms with Gasteiger partial charge >= 0.3 is 0 Å². The number of rotatable bonds is 7. The Morgan fingerprint density at radius 2 is 2.00 bits per heavy atom. The number of amides is 1. The predicted octanol–water partition coefficient (Wildman–Crippen LogP) is 2.79. The van der Waals surface area contributed by atoms with Gasteiger partial charge in [-0.1, -0.05) is 43.7 Å². The first-order valence-electron chi connectivity index (χ1n) is 7.10. The van der Waals surface area contributed by atoms with Gasteiger partial charge in [-0.2, -0.15) is 0 Å². The Labute approximate surface area is 124 Å². The van der Waals surface area contributed by atoms with Crippen molar-refractivity contribution in [2.75, 3.05) is 6.54 Å². The third kappa shape index (κ3) is 5.87. The van der Waals surface area contributed by atoms with Gasteiger partial charge in [-0.15, -0.1) is 0 Å². The molecular formula is C16H25NO2S. The van der Waals surface area contributed by atoms with E-state index in [0.717, 1.165) is 17.5 Å². The van der Waals surface area contributed by atoms with Crippen molar-refractivity contribution in [1.29, 1.82) is 0 Å². The minimum atomic E-state index is -1.18. The maximum Gasteiger partial charge on any atom is 0.235 e. The smallest absolute Gasteiger partial charge is 0.235 e. The van der Waals surface area contributed by atoms with Crippen LogP contribution in [0.2, 0.25) is 0 Å². The highest BCUT2D eigenvalue weighted by Crippen LogP contribution is 2.10. The van der Waals surface area contributed by atoms with E-state index in [-0.39, 0.29) is 5.91 Å². The Morgan fingerprint density at radius 1 is 1.30 bits per heavy atom. The van der Waals surface area contributed by atoms with Crippen LogP contribution in [0.1, 0.15) is 38.3 Å². The summed E-state index contributed by atoms with van der Waals surface area (Å²) in [7, 11) is -1.18. The van der Waals surface area contributed by atoms with Crippen molar-refractivity contribution >= 4 is 16.7 Å². The number of aryl methyl sites for hydroxylation is 1. The number of nitrogens with one attached hydrogen (secondary N) is 1. The molecule has 0 fully saturated rings. The zero-order chi connectivity index (χ0) is 15.1. The molecule has 0 heterocycles. The number of carbonyl (C=O) groups is 1. The van der Waals surface area contributed by atoms with Crippen LogP contribution in [0, 0.1) is 12.8 Å². The highest BCUT2D eigenvalue weighted by Gasteiger charge is 2.19. The van der Waals surface area contributed by atoms with E-state index >= 15 is 0 Å². The van der Waals surface area contributed by atoms with Crippen molar-refractivity contribution < 1.29 is 9.00 Å². The standard InChI is InChI=1S/C16H25NO2S/c1-12(2)8-9-17-16(18)14(4)20(19)11-15-7-5-6-13(3)10-15/h5-7,10,12,14H,8-9,11H2,1-4H3,(H,17,18). The molecule has 0 saturated carbocycles. The topological polar surface area (TPSA) is 46.2 Å². The van der Waals surface area contributed by atoms with Crippen molar-refractivity contribution in [3.05, 3.63) is 35.4 Å². The Kier molecular flexibility index (Phi) is 6.93. The molecule has 1 rings (SSSR count). The Hall–Kier alpha value is -1.16. The molecule has 1 N–H and O–H groups in total. The first kappa shape index (κ1) is 16.9. The summed E-state index contributed by atoms with van der Waals surface area (Å²) in [6, 6.07) is 7.93. The van der Waals surface area contributed by atoms with E-state index in [2.05, 4.69) is 19.2 Å². The fourth-order valence-electron chi connectivity index (χ4n) is 1.84. The summed E-state index contributed by atoms with van der Waals surface area (Å²) in [5.41, 5.74) is 2.17. The van der Waals surface area contributed by atoms with Crippen molar-refractivity contribution in [1.82, 2.24) is 5.32 Å². The van der Waals surface area contributed by atoms with E-state index in [9.17, 15) is 9.00 Å². The van der Waals surface area contributed by atoms with Crippen molar-refractivity contribution in [2.24, 2.45) is 5.92 Å². The highest BCUT2D eigenvalue weighted by atomic mass is 32.2. The van der Waals surface area contributed by atoms with E-state index in [1.165, 1.54) is 0 Å². The molecule has 0 aliphatic rings. The molecule has 3 nitrogen and oxygen atoms in total. The molecule has 0 aliphatic heterocycles. The van der Waals surface area contributed by atoms with E-state index in [1.807, 2.05) is 31.2 Å². The van der Waals surface area contributed by atoms with Crippen molar-refractivity contribution in [3.63, 3.8) is 0 Å². The van der Waals surface area contributed by atoms with Gasteiger partial charge < -0.3 is 5.32 Å². The molecular weight excluding hydrogens is 270 g/mol. The summed E-state index contributed by atoms with van der Waals surface area (Å²) >= 11 is 0. The summed E-state index contributed by atoms with van der Waals surface area (Å²) in [5, 5.41) is 2.39. The van der Waals surface area contributed by atoms with E-state index in [0.29, 0.717) is 18.2 Å². The second-order valence-corrected chi connectivity index (χ2v) is 7.39. The lowest BCUT2D eigenvalue weighted by atomic mass is 10.1. The number of hydrogen-bond acceptors (Lipinski definition) is 2. The number of benzene rings is 1. The van der Waals surface area contributed by atoms with Gasteiger partial charge in [0.15, 0.2) is 0 Å². The summed E-state index contributed by atoms with van der Waals surface area (Å²) in [5.74, 6) is 0.875. The van der Waals surface area contributed by atoms with Crippen LogP contribution in [0.4, 0.5) is 0 Å². The third-order valence-corrected chi connectivity index (χ3v) is 4.80. The molecule has 20 heavy (non-hydrogen) atoms. The molecule has 1 amide bonds. The van der Waals surface area contributed by atoms with E-state index < -0.39 is 16.0 Å². The van der Waals surface area contributed by atoms with Crippen LogP contribution in [0.3, 0.4) is 0 Å². The highest BCUT2D eigenvalue weighted by molar-refractivity contribution is 7.85. The van der Waals surface area contributed by atoms with Gasteiger partial charge in [0, 0.05) is 23.1 Å². The predicted molar refractivity (Wildman–Crippen MR) is 85.0 cm³/mol. The first-order chi connectivity index (χ1) is 9.40. The van der Waals surface area contributed by atoms with Crippen LogP contribution >= 0.6 is 0 Å². The summed E-state index contributed by atoms with van der Waals surface area (Å²) in [4.78, 5) is 11.9. The lowest BCUT2D eigenvalue weighted by Gasteiger charge is -2.13. The van der Waals surface area contributed by atoms with Gasteiger partial charge in [-0.3, -0.25) is 9.00 Å². The molecule has 0 bridgehead atoms. The second-order valence-electron chi connectivity index (χ2n) is 5.63. The van der Waals surface area contributed by atoms with E-state index in [4.69, 9.17) is 0 Å². The summed E-state index contributed by atoms with van der Waals surface area (Å²) in [6.45, 7) is 8.63. The second kappa shape index (κ2) is 8.20. The lowest BCUT2D eigenvalue weighted by Crippen LogP contribution is -2.36. The van der Waals surface area contributed by atoms with Crippen LogP contribution in [0.5, 0.6) is 0 Å². The minimum absolute atomic E-state index is 0.114. The van der Waals surface area contributed by atoms with Crippen LogP contribution < -0.4 is 5.32 Å². The van der Waals surface area contributed by atoms with Gasteiger partial charge in [0.1, 0.15) is 5.25 Å². The van der Waals surface area contributed by atoms with Crippen LogP contribution in [-0.4, -0.2) is 21.9 Å². The third-order valence-electron chi connectivity index (χ3n) is 3.18. The molecule has 0 aromatic heterocycles. The minimum Gasteiger partial charge on any atom is -0.355 e. The normalized spacial score (nSPS) is 14.1. The Morgan fingerprint density at radius 3 is 2.60 bits per heavy atom. The first-order valence-corrected chi connectivity index (χ1v) is 8.48. The maximum atomic E-state index is 12.2. The van der Waals surface area contributed by atoms with Crippen LogP contribution in [0.15, 0.2) is 24.3 Å². The van der Waals surface area contributed by atoms with Gasteiger partial charge in [0.05, 0.1) is 0 Å². The molecule has 2 unspecified atom stereocenters. The average molecular weight is 295 g/mol. The molecule has 0 saturated heterocycles. The molecule has 112 valence electrons. The van der Waals surface area contributed by atoms with Crippen molar-refractivity contribution in [2.45, 2.75) is 45.1 Å². The summed E-state index contributed by atoms with van der Waals surface area (Å²) in [6.07, 6.45) is 0.947. The summed E-state index contributed by atoms with van der Waals surface area (Å²) < 4.78 is 12.2. The fraction of sp³-hybridized carbons (Fsp3) is 0.562. The quantitative estimate of drug-likeness (QED) is 0.841. The van der Waals surface area contributed by atoms with Crippen LogP contribution in [0.25, 0.3) is 0 Å².